The third kappa shape index (κ3) is 3.41. The van der Waals surface area contributed by atoms with Gasteiger partial charge in [0.05, 0.1) is 18.1 Å². The van der Waals surface area contributed by atoms with Gasteiger partial charge in [0.2, 0.25) is 5.91 Å². The molecule has 0 aromatic heterocycles. The fourth-order valence-corrected chi connectivity index (χ4v) is 3.20. The van der Waals surface area contributed by atoms with Crippen molar-refractivity contribution in [3.8, 4) is 0 Å². The molecule has 0 aliphatic carbocycles. The van der Waals surface area contributed by atoms with Gasteiger partial charge in [-0.1, -0.05) is 0 Å². The molecule has 0 saturated carbocycles. The molecule has 7 heteroatoms. The van der Waals surface area contributed by atoms with E-state index in [1.165, 1.54) is 6.92 Å². The minimum absolute atomic E-state index is 0.0255. The number of carboxylic acid groups (broad SMARTS) is 1. The van der Waals surface area contributed by atoms with Crippen molar-refractivity contribution < 1.29 is 24.2 Å². The first-order valence-electron chi connectivity index (χ1n) is 8.04. The van der Waals surface area contributed by atoms with E-state index in [0.29, 0.717) is 11.3 Å². The number of carbonyl (C=O) groups excluding carboxylic acids is 2. The summed E-state index contributed by atoms with van der Waals surface area (Å²) in [6, 6.07) is 5.40. The summed E-state index contributed by atoms with van der Waals surface area (Å²) in [4.78, 5) is 35.0. The second-order valence-corrected chi connectivity index (χ2v) is 6.32. The summed E-state index contributed by atoms with van der Waals surface area (Å²) in [6.45, 7) is 1.40. The molecule has 2 heterocycles. The molecule has 3 rings (SSSR count). The predicted octanol–water partition coefficient (Wildman–Crippen LogP) is 1.40. The minimum Gasteiger partial charge on any atom is -0.480 e. The maximum absolute atomic E-state index is 12.3. The number of carboxylic acids is 1. The Balaban J connectivity index is 1.57. The largest absolute Gasteiger partial charge is 0.480 e. The van der Waals surface area contributed by atoms with Gasteiger partial charge in [0.25, 0.3) is 5.91 Å². The zero-order chi connectivity index (χ0) is 17.3. The third-order valence-electron chi connectivity index (χ3n) is 4.58. The molecule has 3 N–H and O–H groups in total. The average Bonchev–Trinajstić information content (AvgIpc) is 3.18. The molecule has 0 unspecified atom stereocenters. The van der Waals surface area contributed by atoms with Gasteiger partial charge in [-0.25, -0.2) is 0 Å². The highest BCUT2D eigenvalue weighted by Gasteiger charge is 2.44. The number of hydrogen-bond acceptors (Lipinski definition) is 4. The van der Waals surface area contributed by atoms with Crippen molar-refractivity contribution >= 4 is 23.5 Å². The van der Waals surface area contributed by atoms with E-state index in [4.69, 9.17) is 9.84 Å². The van der Waals surface area contributed by atoms with Crippen LogP contribution in [-0.2, 0) is 14.3 Å². The Morgan fingerprint density at radius 1 is 1.21 bits per heavy atom. The molecule has 2 bridgehead atoms. The van der Waals surface area contributed by atoms with E-state index in [1.807, 2.05) is 0 Å². The van der Waals surface area contributed by atoms with Gasteiger partial charge in [-0.05, 0) is 50.5 Å². The van der Waals surface area contributed by atoms with Gasteiger partial charge in [-0.3, -0.25) is 14.4 Å². The summed E-state index contributed by atoms with van der Waals surface area (Å²) in [6.07, 6.45) is 2.98. The fourth-order valence-electron chi connectivity index (χ4n) is 3.20. The molecule has 4 atom stereocenters. The average molecular weight is 332 g/mol. The van der Waals surface area contributed by atoms with Crippen LogP contribution < -0.4 is 10.6 Å². The van der Waals surface area contributed by atoms with Gasteiger partial charge in [0.1, 0.15) is 6.04 Å². The Hall–Kier alpha value is -2.41. The maximum atomic E-state index is 12.3. The Bertz CT molecular complexity index is 657. The van der Waals surface area contributed by atoms with Crippen LogP contribution in [0.15, 0.2) is 24.3 Å². The van der Waals surface area contributed by atoms with E-state index in [0.717, 1.165) is 19.3 Å². The quantitative estimate of drug-likeness (QED) is 0.756. The van der Waals surface area contributed by atoms with Crippen molar-refractivity contribution in [2.75, 3.05) is 5.32 Å². The Labute approximate surface area is 139 Å². The molecule has 0 radical (unpaired) electrons. The van der Waals surface area contributed by atoms with E-state index in [2.05, 4.69) is 10.6 Å². The van der Waals surface area contributed by atoms with Crippen LogP contribution in [0.25, 0.3) is 0 Å². The molecule has 2 aliphatic heterocycles. The lowest BCUT2D eigenvalue weighted by atomic mass is 9.88. The summed E-state index contributed by atoms with van der Waals surface area (Å²) in [7, 11) is 0. The lowest BCUT2D eigenvalue weighted by molar-refractivity contribution is -0.138. The van der Waals surface area contributed by atoms with Crippen molar-refractivity contribution in [3.63, 3.8) is 0 Å². The molecule has 24 heavy (non-hydrogen) atoms. The second-order valence-electron chi connectivity index (χ2n) is 6.32. The molecular formula is C17H20N2O5. The van der Waals surface area contributed by atoms with Crippen molar-refractivity contribution in [1.82, 2.24) is 5.32 Å². The molecule has 1 aromatic carbocycles. The van der Waals surface area contributed by atoms with Gasteiger partial charge in [0, 0.05) is 11.3 Å². The Morgan fingerprint density at radius 2 is 1.92 bits per heavy atom. The monoisotopic (exact) mass is 332 g/mol. The highest BCUT2D eigenvalue weighted by Crippen LogP contribution is 2.39. The molecule has 2 saturated heterocycles. The predicted molar refractivity (Wildman–Crippen MR) is 85.6 cm³/mol. The van der Waals surface area contributed by atoms with E-state index >= 15 is 0 Å². The van der Waals surface area contributed by atoms with Crippen LogP contribution >= 0.6 is 0 Å². The zero-order valence-electron chi connectivity index (χ0n) is 13.3. The molecule has 128 valence electrons. The first kappa shape index (κ1) is 16.4. The van der Waals surface area contributed by atoms with Crippen molar-refractivity contribution in [1.29, 1.82) is 0 Å². The topological polar surface area (TPSA) is 105 Å². The third-order valence-corrected chi connectivity index (χ3v) is 4.58. The minimum atomic E-state index is -1.10. The maximum Gasteiger partial charge on any atom is 0.325 e. The Morgan fingerprint density at radius 3 is 2.46 bits per heavy atom. The van der Waals surface area contributed by atoms with Crippen LogP contribution in [0.5, 0.6) is 0 Å². The summed E-state index contributed by atoms with van der Waals surface area (Å²) in [5, 5.41) is 14.0. The normalized spacial score (nSPS) is 26.0. The first-order valence-corrected chi connectivity index (χ1v) is 8.04. The van der Waals surface area contributed by atoms with Crippen LogP contribution in [0, 0.1) is 5.92 Å². The molecule has 2 aliphatic rings. The summed E-state index contributed by atoms with van der Waals surface area (Å²) >= 11 is 0. The molecule has 2 fully saturated rings. The molecular weight excluding hydrogens is 312 g/mol. The SMILES string of the molecule is C[C@H](NC(=O)c1ccc(NC(=O)[C@H]2C[C@H]3CC[C@H]2O3)cc1)C(=O)O. The smallest absolute Gasteiger partial charge is 0.325 e. The van der Waals surface area contributed by atoms with Gasteiger partial charge in [-0.15, -0.1) is 0 Å². The second kappa shape index (κ2) is 6.60. The van der Waals surface area contributed by atoms with Crippen molar-refractivity contribution in [3.05, 3.63) is 29.8 Å². The van der Waals surface area contributed by atoms with E-state index in [-0.39, 0.29) is 24.0 Å². The number of aliphatic carboxylic acids is 1. The lowest BCUT2D eigenvalue weighted by Crippen LogP contribution is -2.38. The van der Waals surface area contributed by atoms with E-state index in [1.54, 1.807) is 24.3 Å². The summed E-state index contributed by atoms with van der Waals surface area (Å²) in [5.74, 6) is -1.73. The Kier molecular flexibility index (Phi) is 4.53. The van der Waals surface area contributed by atoms with Crippen molar-refractivity contribution in [2.45, 2.75) is 44.4 Å². The zero-order valence-corrected chi connectivity index (χ0v) is 13.3. The number of rotatable bonds is 5. The van der Waals surface area contributed by atoms with Crippen molar-refractivity contribution in [2.24, 2.45) is 5.92 Å². The molecule has 1 aromatic rings. The summed E-state index contributed by atoms with van der Waals surface area (Å²) in [5.41, 5.74) is 0.940. The fraction of sp³-hybridized carbons (Fsp3) is 0.471. The number of benzene rings is 1. The van der Waals surface area contributed by atoms with Gasteiger partial charge >= 0.3 is 5.97 Å². The van der Waals surface area contributed by atoms with Gasteiger partial charge < -0.3 is 20.5 Å². The number of nitrogens with one attached hydrogen (secondary N) is 2. The first-order chi connectivity index (χ1) is 11.4. The van der Waals surface area contributed by atoms with Crippen LogP contribution in [0.4, 0.5) is 5.69 Å². The van der Waals surface area contributed by atoms with Gasteiger partial charge in [-0.2, -0.15) is 0 Å². The number of carbonyl (C=O) groups is 3. The van der Waals surface area contributed by atoms with Crippen LogP contribution in [-0.4, -0.2) is 41.1 Å². The van der Waals surface area contributed by atoms with Crippen LogP contribution in [0.2, 0.25) is 0 Å². The molecule has 2 amide bonds. The standard InChI is InChI=1S/C17H20N2O5/c1-9(17(22)23)18-15(20)10-2-4-11(5-3-10)19-16(21)13-8-12-6-7-14(13)24-12/h2-5,9,12-14H,6-8H2,1H3,(H,18,20)(H,19,21)(H,22,23)/t9-,12+,13-,14+/m0/s1. The lowest BCUT2D eigenvalue weighted by Gasteiger charge is -2.18. The number of anilines is 1. The van der Waals surface area contributed by atoms with Gasteiger partial charge in [0.15, 0.2) is 0 Å². The highest BCUT2D eigenvalue weighted by atomic mass is 16.5. The number of ether oxygens (including phenoxy) is 1. The number of hydrogen-bond donors (Lipinski definition) is 3. The van der Waals surface area contributed by atoms with E-state index < -0.39 is 17.9 Å². The summed E-state index contributed by atoms with van der Waals surface area (Å²) < 4.78 is 5.69. The number of amides is 2. The number of fused-ring (bicyclic) bond motifs is 2. The van der Waals surface area contributed by atoms with Crippen LogP contribution in [0.3, 0.4) is 0 Å². The van der Waals surface area contributed by atoms with Crippen LogP contribution in [0.1, 0.15) is 36.5 Å². The molecule has 0 spiro atoms. The van der Waals surface area contributed by atoms with E-state index in [9.17, 15) is 14.4 Å². The molecule has 7 nitrogen and oxygen atoms in total. The highest BCUT2D eigenvalue weighted by molar-refractivity contribution is 5.98.